The summed E-state index contributed by atoms with van der Waals surface area (Å²) in [5.74, 6) is 2.08. The molecule has 3 aromatic heterocycles. The number of fused-ring (bicyclic) bond motifs is 1. The molecule has 1 aliphatic carbocycles. The molecule has 0 bridgehead atoms. The maximum absolute atomic E-state index is 12.0. The van der Waals surface area contributed by atoms with Crippen molar-refractivity contribution in [3.8, 4) is 23.1 Å². The number of aliphatic hydroxyl groups is 1. The van der Waals surface area contributed by atoms with Crippen LogP contribution in [0.2, 0.25) is 5.02 Å². The number of nitrogens with zero attached hydrogens (tertiary/aromatic N) is 6. The van der Waals surface area contributed by atoms with E-state index in [1.165, 1.54) is 0 Å². The number of methoxy groups -OCH3 is 1. The number of imidazole rings is 1. The molecule has 9 heteroatoms. The van der Waals surface area contributed by atoms with Crippen LogP contribution >= 0.6 is 11.6 Å². The fourth-order valence-corrected chi connectivity index (χ4v) is 5.49. The summed E-state index contributed by atoms with van der Waals surface area (Å²) in [5, 5.41) is 22.2. The zero-order valence-corrected chi connectivity index (χ0v) is 21.9. The molecule has 1 saturated carbocycles. The maximum atomic E-state index is 12.0. The smallest absolute Gasteiger partial charge is 0.234 e. The molecule has 1 N–H and O–H groups in total. The summed E-state index contributed by atoms with van der Waals surface area (Å²) < 4.78 is 7.61. The van der Waals surface area contributed by atoms with Crippen LogP contribution in [0.1, 0.15) is 56.7 Å². The second-order valence-corrected chi connectivity index (χ2v) is 10.5. The van der Waals surface area contributed by atoms with Crippen molar-refractivity contribution in [2.45, 2.75) is 51.7 Å². The molecule has 0 radical (unpaired) electrons. The Morgan fingerprint density at radius 2 is 1.92 bits per heavy atom. The quantitative estimate of drug-likeness (QED) is 0.360. The lowest BCUT2D eigenvalue weighted by molar-refractivity contribution is 0.0836. The van der Waals surface area contributed by atoms with Gasteiger partial charge in [0.05, 0.1) is 12.1 Å². The zero-order valence-electron chi connectivity index (χ0n) is 21.1. The van der Waals surface area contributed by atoms with E-state index in [0.29, 0.717) is 63.0 Å². The van der Waals surface area contributed by atoms with Crippen molar-refractivity contribution in [2.24, 2.45) is 11.8 Å². The van der Waals surface area contributed by atoms with Crippen LogP contribution in [0.3, 0.4) is 0 Å². The van der Waals surface area contributed by atoms with Gasteiger partial charge in [0.15, 0.2) is 5.65 Å². The number of pyridine rings is 1. The number of rotatable bonds is 6. The molecule has 1 fully saturated rings. The van der Waals surface area contributed by atoms with E-state index in [2.05, 4.69) is 21.9 Å². The van der Waals surface area contributed by atoms with Crippen LogP contribution in [0.4, 0.5) is 0 Å². The zero-order chi connectivity index (χ0) is 26.2. The predicted molar refractivity (Wildman–Crippen MR) is 141 cm³/mol. The minimum absolute atomic E-state index is 0.0119. The fraction of sp³-hybridized carbons (Fsp3) is 0.393. The SMILES string of the molecule is COc1ccccc1C(C)(O)c1nc2nc(C#N)nc(-c3cncc(Cl)c3)c2n1CC1CCC(C)CC1. The third-order valence-electron chi connectivity index (χ3n) is 7.32. The Kier molecular flexibility index (Phi) is 6.84. The summed E-state index contributed by atoms with van der Waals surface area (Å²) in [6.45, 7) is 4.65. The van der Waals surface area contributed by atoms with E-state index < -0.39 is 5.60 Å². The Hall–Kier alpha value is -3.54. The van der Waals surface area contributed by atoms with Crippen molar-refractivity contribution < 1.29 is 9.84 Å². The molecule has 8 nitrogen and oxygen atoms in total. The number of hydrogen-bond acceptors (Lipinski definition) is 7. The molecule has 1 atom stereocenters. The van der Waals surface area contributed by atoms with Gasteiger partial charge in [-0.25, -0.2) is 9.97 Å². The molecule has 1 aromatic carbocycles. The van der Waals surface area contributed by atoms with Gasteiger partial charge in [-0.1, -0.05) is 49.6 Å². The third-order valence-corrected chi connectivity index (χ3v) is 7.53. The van der Waals surface area contributed by atoms with Gasteiger partial charge in [0, 0.05) is 30.1 Å². The van der Waals surface area contributed by atoms with Crippen LogP contribution in [-0.2, 0) is 12.1 Å². The molecule has 1 aliphatic rings. The normalized spacial score (nSPS) is 19.4. The third kappa shape index (κ3) is 4.77. The van der Waals surface area contributed by atoms with E-state index in [4.69, 9.17) is 21.3 Å². The summed E-state index contributed by atoms with van der Waals surface area (Å²) in [7, 11) is 1.58. The lowest BCUT2D eigenvalue weighted by atomic mass is 9.83. The van der Waals surface area contributed by atoms with Gasteiger partial charge in [0.2, 0.25) is 5.82 Å². The number of para-hydroxylation sites is 1. The highest BCUT2D eigenvalue weighted by Crippen LogP contribution is 2.39. The second-order valence-electron chi connectivity index (χ2n) is 10.0. The first-order chi connectivity index (χ1) is 17.8. The van der Waals surface area contributed by atoms with Gasteiger partial charge in [0.1, 0.15) is 34.5 Å². The van der Waals surface area contributed by atoms with E-state index in [0.717, 1.165) is 25.7 Å². The van der Waals surface area contributed by atoms with Gasteiger partial charge in [-0.15, -0.1) is 0 Å². The standard InChI is InChI=1S/C28H29ClN6O2/c1-17-8-10-18(11-9-17)16-35-25-24(19-12-20(29)15-31-14-19)32-23(13-30)33-26(25)34-27(35)28(2,36)21-6-4-5-7-22(21)37-3/h4-7,12,14-15,17-18,36H,8-11,16H2,1-3H3. The highest BCUT2D eigenvalue weighted by atomic mass is 35.5. The summed E-state index contributed by atoms with van der Waals surface area (Å²) in [4.78, 5) is 18.1. The number of halogens is 1. The van der Waals surface area contributed by atoms with E-state index in [1.807, 2.05) is 34.9 Å². The maximum Gasteiger partial charge on any atom is 0.234 e. The van der Waals surface area contributed by atoms with Gasteiger partial charge < -0.3 is 14.4 Å². The van der Waals surface area contributed by atoms with E-state index in [-0.39, 0.29) is 5.82 Å². The second kappa shape index (κ2) is 10.1. The Labute approximate surface area is 221 Å². The number of aromatic nitrogens is 5. The monoisotopic (exact) mass is 516 g/mol. The van der Waals surface area contributed by atoms with Crippen LogP contribution in [0.5, 0.6) is 5.75 Å². The fourth-order valence-electron chi connectivity index (χ4n) is 5.32. The highest BCUT2D eigenvalue weighted by Gasteiger charge is 2.37. The van der Waals surface area contributed by atoms with Crippen molar-refractivity contribution in [1.82, 2.24) is 24.5 Å². The topological polar surface area (TPSA) is 110 Å². The van der Waals surface area contributed by atoms with Crippen LogP contribution < -0.4 is 4.74 Å². The van der Waals surface area contributed by atoms with E-state index in [9.17, 15) is 10.4 Å². The average Bonchev–Trinajstić information content (AvgIpc) is 3.28. The molecular weight excluding hydrogens is 488 g/mol. The van der Waals surface area contributed by atoms with Crippen molar-refractivity contribution in [3.63, 3.8) is 0 Å². The first-order valence-corrected chi connectivity index (χ1v) is 12.8. The van der Waals surface area contributed by atoms with Gasteiger partial charge in [-0.2, -0.15) is 10.2 Å². The molecule has 1 unspecified atom stereocenters. The lowest BCUT2D eigenvalue weighted by Gasteiger charge is -2.30. The molecule has 0 amide bonds. The van der Waals surface area contributed by atoms with Gasteiger partial charge in [-0.3, -0.25) is 4.98 Å². The summed E-state index contributed by atoms with van der Waals surface area (Å²) >= 11 is 6.27. The Morgan fingerprint density at radius 1 is 1.16 bits per heavy atom. The molecule has 0 spiro atoms. The van der Waals surface area contributed by atoms with Gasteiger partial charge >= 0.3 is 0 Å². The highest BCUT2D eigenvalue weighted by molar-refractivity contribution is 6.30. The molecule has 4 aromatic rings. The molecule has 0 aliphatic heterocycles. The molecule has 37 heavy (non-hydrogen) atoms. The minimum Gasteiger partial charge on any atom is -0.496 e. The van der Waals surface area contributed by atoms with Crippen LogP contribution in [0, 0.1) is 23.2 Å². The van der Waals surface area contributed by atoms with Crippen LogP contribution in [-0.4, -0.2) is 36.7 Å². The molecular formula is C28H29ClN6O2. The van der Waals surface area contributed by atoms with Gasteiger partial charge in [-0.05, 0) is 43.7 Å². The molecule has 190 valence electrons. The molecule has 0 saturated heterocycles. The van der Waals surface area contributed by atoms with Crippen molar-refractivity contribution >= 4 is 22.8 Å². The largest absolute Gasteiger partial charge is 0.496 e. The number of benzene rings is 1. The van der Waals surface area contributed by atoms with Crippen molar-refractivity contribution in [3.05, 3.63) is 65.0 Å². The molecule has 3 heterocycles. The lowest BCUT2D eigenvalue weighted by Crippen LogP contribution is -2.30. The first-order valence-electron chi connectivity index (χ1n) is 12.5. The van der Waals surface area contributed by atoms with Gasteiger partial charge in [0.25, 0.3) is 0 Å². The Morgan fingerprint density at radius 3 is 2.62 bits per heavy atom. The number of hydrogen-bond donors (Lipinski definition) is 1. The summed E-state index contributed by atoms with van der Waals surface area (Å²) in [6.07, 6.45) is 7.70. The minimum atomic E-state index is -1.51. The predicted octanol–water partition coefficient (Wildman–Crippen LogP) is 5.50. The Bertz CT molecular complexity index is 1480. The Balaban J connectivity index is 1.78. The number of ether oxygens (including phenoxy) is 1. The molecule has 5 rings (SSSR count). The average molecular weight is 517 g/mol. The van der Waals surface area contributed by atoms with Crippen molar-refractivity contribution in [1.29, 1.82) is 5.26 Å². The van der Waals surface area contributed by atoms with Crippen molar-refractivity contribution in [2.75, 3.05) is 7.11 Å². The van der Waals surface area contributed by atoms with Crippen LogP contribution in [0.15, 0.2) is 42.7 Å². The summed E-state index contributed by atoms with van der Waals surface area (Å²) in [5.41, 5.74) is 1.23. The van der Waals surface area contributed by atoms with Crippen LogP contribution in [0.25, 0.3) is 22.4 Å². The number of nitriles is 1. The summed E-state index contributed by atoms with van der Waals surface area (Å²) in [6, 6.07) is 11.2. The first kappa shape index (κ1) is 25.1. The van der Waals surface area contributed by atoms with E-state index >= 15 is 0 Å². The van der Waals surface area contributed by atoms with E-state index in [1.54, 1.807) is 32.5 Å².